The Hall–Kier alpha value is -3.76. The highest BCUT2D eigenvalue weighted by Crippen LogP contribution is 2.31. The number of imidazole rings is 1. The van der Waals surface area contributed by atoms with Crippen LogP contribution in [0.15, 0.2) is 48.5 Å². The lowest BCUT2D eigenvalue weighted by Gasteiger charge is -2.28. The molecule has 154 valence electrons. The second kappa shape index (κ2) is 7.82. The number of fused-ring (bicyclic) bond motifs is 1. The standard InChI is InChI=1S/C24H22N6O/c1-16-7-9-18(10-8-16)22-26-19(15-25)21-23(28-22)30(20-6-4-3-5-17(20)2)24(27-21)29-11-13-31-14-12-29/h3-10H,11-14H2,1-2H3. The summed E-state index contributed by atoms with van der Waals surface area (Å²) >= 11 is 0. The molecule has 0 spiro atoms. The number of para-hydroxylation sites is 1. The summed E-state index contributed by atoms with van der Waals surface area (Å²) < 4.78 is 7.59. The highest BCUT2D eigenvalue weighted by molar-refractivity contribution is 5.84. The fourth-order valence-corrected chi connectivity index (χ4v) is 3.87. The predicted octanol–water partition coefficient (Wildman–Crippen LogP) is 3.81. The topological polar surface area (TPSA) is 79.9 Å². The van der Waals surface area contributed by atoms with Crippen LogP contribution in [-0.2, 0) is 4.74 Å². The van der Waals surface area contributed by atoms with Gasteiger partial charge < -0.3 is 9.64 Å². The van der Waals surface area contributed by atoms with Gasteiger partial charge in [0.15, 0.2) is 17.2 Å². The van der Waals surface area contributed by atoms with Crippen molar-refractivity contribution >= 4 is 17.1 Å². The first-order chi connectivity index (χ1) is 15.2. The lowest BCUT2D eigenvalue weighted by atomic mass is 10.1. The molecule has 7 heteroatoms. The molecular formula is C24H22N6O. The molecule has 31 heavy (non-hydrogen) atoms. The fourth-order valence-electron chi connectivity index (χ4n) is 3.87. The SMILES string of the molecule is Cc1ccc(-c2nc(C#N)c3nc(N4CCOCC4)n(-c4ccccc4C)c3n2)cc1. The van der Waals surface area contributed by atoms with Crippen LogP contribution in [0.1, 0.15) is 16.8 Å². The highest BCUT2D eigenvalue weighted by Gasteiger charge is 2.25. The molecule has 2 aromatic heterocycles. The molecule has 2 aromatic carbocycles. The minimum Gasteiger partial charge on any atom is -0.378 e. The first kappa shape index (κ1) is 19.2. The van der Waals surface area contributed by atoms with E-state index in [1.807, 2.05) is 43.3 Å². The third-order valence-electron chi connectivity index (χ3n) is 5.56. The van der Waals surface area contributed by atoms with Crippen molar-refractivity contribution in [3.05, 3.63) is 65.4 Å². The molecule has 0 bridgehead atoms. The van der Waals surface area contributed by atoms with E-state index >= 15 is 0 Å². The summed E-state index contributed by atoms with van der Waals surface area (Å²) in [5.41, 5.74) is 5.55. The third kappa shape index (κ3) is 3.41. The smallest absolute Gasteiger partial charge is 0.212 e. The van der Waals surface area contributed by atoms with Crippen LogP contribution in [0.3, 0.4) is 0 Å². The Bertz CT molecular complexity index is 1300. The van der Waals surface area contributed by atoms with Gasteiger partial charge in [0, 0.05) is 18.7 Å². The summed E-state index contributed by atoms with van der Waals surface area (Å²) in [5.74, 6) is 1.28. The first-order valence-corrected chi connectivity index (χ1v) is 10.3. The van der Waals surface area contributed by atoms with Crippen molar-refractivity contribution in [2.24, 2.45) is 0 Å². The zero-order chi connectivity index (χ0) is 21.4. The molecule has 0 saturated carbocycles. The normalized spacial score (nSPS) is 14.0. The van der Waals surface area contributed by atoms with Gasteiger partial charge in [-0.25, -0.2) is 15.0 Å². The van der Waals surface area contributed by atoms with E-state index in [1.165, 1.54) is 0 Å². The molecule has 4 aromatic rings. The number of nitrogens with zero attached hydrogens (tertiary/aromatic N) is 6. The third-order valence-corrected chi connectivity index (χ3v) is 5.56. The summed E-state index contributed by atoms with van der Waals surface area (Å²) in [6, 6.07) is 18.4. The van der Waals surface area contributed by atoms with Gasteiger partial charge in [-0.05, 0) is 25.5 Å². The number of hydrogen-bond acceptors (Lipinski definition) is 6. The number of anilines is 1. The van der Waals surface area contributed by atoms with Crippen molar-refractivity contribution in [1.82, 2.24) is 19.5 Å². The van der Waals surface area contributed by atoms with E-state index in [0.717, 1.165) is 41.4 Å². The van der Waals surface area contributed by atoms with E-state index in [0.29, 0.717) is 30.2 Å². The van der Waals surface area contributed by atoms with Crippen LogP contribution in [0.2, 0.25) is 0 Å². The molecular weight excluding hydrogens is 388 g/mol. The average Bonchev–Trinajstić information content (AvgIpc) is 3.19. The van der Waals surface area contributed by atoms with Gasteiger partial charge in [-0.3, -0.25) is 4.57 Å². The van der Waals surface area contributed by atoms with Gasteiger partial charge in [0.25, 0.3) is 0 Å². The zero-order valence-electron chi connectivity index (χ0n) is 17.5. The number of morpholine rings is 1. The van der Waals surface area contributed by atoms with Crippen LogP contribution in [0.5, 0.6) is 0 Å². The monoisotopic (exact) mass is 410 g/mol. The maximum Gasteiger partial charge on any atom is 0.212 e. The Morgan fingerprint density at radius 1 is 0.935 bits per heavy atom. The summed E-state index contributed by atoms with van der Waals surface area (Å²) in [6.45, 7) is 6.85. The van der Waals surface area contributed by atoms with E-state index in [9.17, 15) is 5.26 Å². The van der Waals surface area contributed by atoms with Gasteiger partial charge >= 0.3 is 0 Å². The maximum absolute atomic E-state index is 9.86. The van der Waals surface area contributed by atoms with E-state index in [2.05, 4.69) is 39.6 Å². The molecule has 0 amide bonds. The van der Waals surface area contributed by atoms with Gasteiger partial charge in [-0.2, -0.15) is 5.26 Å². The Kier molecular flexibility index (Phi) is 4.85. The number of aryl methyl sites for hydroxylation is 2. The van der Waals surface area contributed by atoms with Crippen molar-refractivity contribution in [2.45, 2.75) is 13.8 Å². The molecule has 7 nitrogen and oxygen atoms in total. The number of benzene rings is 2. The number of nitriles is 1. The molecule has 0 radical (unpaired) electrons. The minimum atomic E-state index is 0.280. The van der Waals surface area contributed by atoms with Crippen LogP contribution in [0.25, 0.3) is 28.2 Å². The van der Waals surface area contributed by atoms with Gasteiger partial charge in [-0.1, -0.05) is 48.0 Å². The fraction of sp³-hybridized carbons (Fsp3) is 0.250. The van der Waals surface area contributed by atoms with Crippen molar-refractivity contribution in [3.63, 3.8) is 0 Å². The Morgan fingerprint density at radius 2 is 1.68 bits per heavy atom. The summed E-state index contributed by atoms with van der Waals surface area (Å²) in [7, 11) is 0. The average molecular weight is 410 g/mol. The van der Waals surface area contributed by atoms with E-state index in [4.69, 9.17) is 14.7 Å². The van der Waals surface area contributed by atoms with E-state index in [1.54, 1.807) is 0 Å². The number of hydrogen-bond donors (Lipinski definition) is 0. The summed E-state index contributed by atoms with van der Waals surface area (Å²) in [5, 5.41) is 9.86. The van der Waals surface area contributed by atoms with Crippen LogP contribution >= 0.6 is 0 Å². The molecule has 5 rings (SSSR count). The largest absolute Gasteiger partial charge is 0.378 e. The van der Waals surface area contributed by atoms with E-state index in [-0.39, 0.29) is 5.69 Å². The molecule has 0 unspecified atom stereocenters. The molecule has 0 atom stereocenters. The molecule has 0 N–H and O–H groups in total. The van der Waals surface area contributed by atoms with Crippen LogP contribution < -0.4 is 4.90 Å². The lowest BCUT2D eigenvalue weighted by Crippen LogP contribution is -2.37. The maximum atomic E-state index is 9.86. The van der Waals surface area contributed by atoms with Gasteiger partial charge in [-0.15, -0.1) is 0 Å². The van der Waals surface area contributed by atoms with Crippen LogP contribution in [0, 0.1) is 25.2 Å². The second-order valence-electron chi connectivity index (χ2n) is 7.68. The van der Waals surface area contributed by atoms with Crippen LogP contribution in [-0.4, -0.2) is 45.8 Å². The van der Waals surface area contributed by atoms with Crippen molar-refractivity contribution in [1.29, 1.82) is 5.26 Å². The molecule has 0 aliphatic carbocycles. The summed E-state index contributed by atoms with van der Waals surface area (Å²) in [4.78, 5) is 16.5. The Balaban J connectivity index is 1.81. The predicted molar refractivity (Wildman–Crippen MR) is 119 cm³/mol. The second-order valence-corrected chi connectivity index (χ2v) is 7.68. The number of rotatable bonds is 3. The molecule has 1 saturated heterocycles. The van der Waals surface area contributed by atoms with E-state index < -0.39 is 0 Å². The van der Waals surface area contributed by atoms with Gasteiger partial charge in [0.05, 0.1) is 18.9 Å². The van der Waals surface area contributed by atoms with Gasteiger partial charge in [0.1, 0.15) is 11.6 Å². The minimum absolute atomic E-state index is 0.280. The number of ether oxygens (including phenoxy) is 1. The molecule has 1 aliphatic rings. The van der Waals surface area contributed by atoms with Crippen molar-refractivity contribution in [3.8, 4) is 23.1 Å². The summed E-state index contributed by atoms with van der Waals surface area (Å²) in [6.07, 6.45) is 0. The Labute approximate surface area is 180 Å². The van der Waals surface area contributed by atoms with Gasteiger partial charge in [0.2, 0.25) is 5.95 Å². The number of aromatic nitrogens is 4. The first-order valence-electron chi connectivity index (χ1n) is 10.3. The lowest BCUT2D eigenvalue weighted by molar-refractivity contribution is 0.122. The highest BCUT2D eigenvalue weighted by atomic mass is 16.5. The molecule has 1 aliphatic heterocycles. The quantitative estimate of drug-likeness (QED) is 0.511. The van der Waals surface area contributed by atoms with Crippen molar-refractivity contribution < 1.29 is 4.74 Å². The Morgan fingerprint density at radius 3 is 2.39 bits per heavy atom. The van der Waals surface area contributed by atoms with Crippen molar-refractivity contribution in [2.75, 3.05) is 31.2 Å². The van der Waals surface area contributed by atoms with Crippen LogP contribution in [0.4, 0.5) is 5.95 Å². The zero-order valence-corrected chi connectivity index (χ0v) is 17.5. The molecule has 1 fully saturated rings. The molecule has 3 heterocycles.